The fraction of sp³-hybridized carbons (Fsp3) is 0.120. The summed E-state index contributed by atoms with van der Waals surface area (Å²) in [6.45, 7) is 1.57. The molecule has 0 atom stereocenters. The third-order valence-electron chi connectivity index (χ3n) is 5.40. The van der Waals surface area contributed by atoms with Crippen molar-refractivity contribution in [3.05, 3.63) is 111 Å². The van der Waals surface area contributed by atoms with Crippen molar-refractivity contribution in [2.45, 2.75) is 13.0 Å². The maximum atomic E-state index is 13.1. The van der Waals surface area contributed by atoms with Crippen LogP contribution in [-0.4, -0.2) is 15.6 Å². The number of benzene rings is 3. The Morgan fingerprint density at radius 3 is 2.07 bits per heavy atom. The number of pyridine rings is 1. The molecular weight excluding hydrogens is 376 g/mol. The summed E-state index contributed by atoms with van der Waals surface area (Å²) >= 11 is 0. The number of rotatable bonds is 4. The topological polar surface area (TPSA) is 71.3 Å². The highest BCUT2D eigenvalue weighted by molar-refractivity contribution is 5.99. The van der Waals surface area contributed by atoms with Gasteiger partial charge in [0.25, 0.3) is 11.5 Å². The highest BCUT2D eigenvalue weighted by Crippen LogP contribution is 2.27. The predicted octanol–water partition coefficient (Wildman–Crippen LogP) is 4.07. The van der Waals surface area contributed by atoms with Crippen LogP contribution in [0.5, 0.6) is 5.75 Å². The van der Waals surface area contributed by atoms with Crippen LogP contribution < -0.4 is 10.9 Å². The molecule has 1 heterocycles. The maximum Gasteiger partial charge on any atom is 0.257 e. The van der Waals surface area contributed by atoms with Crippen LogP contribution in [0.25, 0.3) is 10.9 Å². The van der Waals surface area contributed by atoms with Crippen LogP contribution in [0.1, 0.15) is 33.1 Å². The average molecular weight is 398 g/mol. The first-order valence-electron chi connectivity index (χ1n) is 9.70. The lowest BCUT2D eigenvalue weighted by molar-refractivity contribution is 0.0943. The van der Waals surface area contributed by atoms with Gasteiger partial charge in [-0.15, -0.1) is 0 Å². The fourth-order valence-corrected chi connectivity index (χ4v) is 3.69. The second-order valence-electron chi connectivity index (χ2n) is 7.30. The van der Waals surface area contributed by atoms with Crippen LogP contribution in [-0.2, 0) is 7.05 Å². The molecule has 4 aromatic rings. The average Bonchev–Trinajstić information content (AvgIpc) is 2.80. The van der Waals surface area contributed by atoms with E-state index in [1.807, 2.05) is 60.7 Å². The van der Waals surface area contributed by atoms with Gasteiger partial charge in [-0.3, -0.25) is 9.59 Å². The predicted molar refractivity (Wildman–Crippen MR) is 118 cm³/mol. The monoisotopic (exact) mass is 398 g/mol. The molecular formula is C25H22N2O3. The van der Waals surface area contributed by atoms with Crippen molar-refractivity contribution in [3.8, 4) is 5.75 Å². The first-order valence-corrected chi connectivity index (χ1v) is 9.70. The van der Waals surface area contributed by atoms with Crippen LogP contribution in [0, 0.1) is 6.92 Å². The molecule has 0 aliphatic rings. The van der Waals surface area contributed by atoms with Gasteiger partial charge in [0.05, 0.1) is 17.1 Å². The number of hydrogen-bond donors (Lipinski definition) is 2. The first kappa shape index (κ1) is 19.5. The van der Waals surface area contributed by atoms with E-state index in [2.05, 4.69) is 5.32 Å². The zero-order valence-corrected chi connectivity index (χ0v) is 16.8. The molecule has 0 unspecified atom stereocenters. The molecule has 0 aliphatic carbocycles. The number of fused-ring (bicyclic) bond motifs is 1. The molecule has 150 valence electrons. The fourth-order valence-electron chi connectivity index (χ4n) is 3.69. The summed E-state index contributed by atoms with van der Waals surface area (Å²) in [7, 11) is 1.65. The van der Waals surface area contributed by atoms with Gasteiger partial charge in [-0.25, -0.2) is 0 Å². The normalized spacial score (nSPS) is 11.0. The summed E-state index contributed by atoms with van der Waals surface area (Å²) in [6.07, 6.45) is 0. The molecule has 0 spiro atoms. The van der Waals surface area contributed by atoms with Gasteiger partial charge in [0.2, 0.25) is 0 Å². The molecule has 1 amide bonds. The van der Waals surface area contributed by atoms with Gasteiger partial charge in [-0.05, 0) is 36.2 Å². The molecule has 0 bridgehead atoms. The highest BCUT2D eigenvalue weighted by Gasteiger charge is 2.19. The second-order valence-corrected chi connectivity index (χ2v) is 7.30. The molecule has 0 aliphatic heterocycles. The summed E-state index contributed by atoms with van der Waals surface area (Å²) in [5.74, 6) is -0.356. The lowest BCUT2D eigenvalue weighted by Crippen LogP contribution is -2.29. The number of carbonyl (C=O) groups is 1. The van der Waals surface area contributed by atoms with Gasteiger partial charge >= 0.3 is 0 Å². The van der Waals surface area contributed by atoms with Crippen molar-refractivity contribution >= 4 is 16.8 Å². The van der Waals surface area contributed by atoms with Crippen LogP contribution in [0.3, 0.4) is 0 Å². The number of nitrogens with one attached hydrogen (secondary N) is 1. The van der Waals surface area contributed by atoms with E-state index in [4.69, 9.17) is 0 Å². The number of amides is 1. The lowest BCUT2D eigenvalue weighted by atomic mass is 9.98. The van der Waals surface area contributed by atoms with Gasteiger partial charge in [-0.2, -0.15) is 0 Å². The Morgan fingerprint density at radius 2 is 1.50 bits per heavy atom. The smallest absolute Gasteiger partial charge is 0.257 e. The molecule has 4 rings (SSSR count). The molecule has 0 fully saturated rings. The standard InChI is InChI=1S/C25H22N2O3/c1-16-23(28)20-15-19(13-14-21(20)27(2)25(16)30)24(29)26-22(17-9-5-3-6-10-17)18-11-7-4-8-12-18/h3-15,22,28H,1-2H3,(H,26,29). The Kier molecular flexibility index (Phi) is 5.11. The van der Waals surface area contributed by atoms with E-state index in [9.17, 15) is 14.7 Å². The van der Waals surface area contributed by atoms with Crippen molar-refractivity contribution in [1.29, 1.82) is 0 Å². The number of hydrogen-bond acceptors (Lipinski definition) is 3. The summed E-state index contributed by atoms with van der Waals surface area (Å²) < 4.78 is 1.48. The first-order chi connectivity index (χ1) is 14.5. The van der Waals surface area contributed by atoms with Crippen molar-refractivity contribution in [2.75, 3.05) is 0 Å². The third-order valence-corrected chi connectivity index (χ3v) is 5.40. The largest absolute Gasteiger partial charge is 0.507 e. The molecule has 30 heavy (non-hydrogen) atoms. The zero-order valence-electron chi connectivity index (χ0n) is 16.8. The molecule has 5 heteroatoms. The van der Waals surface area contributed by atoms with Crippen LogP contribution in [0.4, 0.5) is 0 Å². The molecule has 0 saturated heterocycles. The maximum absolute atomic E-state index is 13.1. The number of carbonyl (C=O) groups excluding carboxylic acids is 1. The van der Waals surface area contributed by atoms with E-state index in [0.29, 0.717) is 16.5 Å². The minimum atomic E-state index is -0.314. The van der Waals surface area contributed by atoms with Crippen molar-refractivity contribution in [1.82, 2.24) is 9.88 Å². The van der Waals surface area contributed by atoms with Gasteiger partial charge in [0, 0.05) is 18.0 Å². The molecule has 0 radical (unpaired) electrons. The van der Waals surface area contributed by atoms with E-state index < -0.39 is 0 Å². The summed E-state index contributed by atoms with van der Waals surface area (Å²) in [6, 6.07) is 24.2. The number of aromatic nitrogens is 1. The van der Waals surface area contributed by atoms with Crippen molar-refractivity contribution in [3.63, 3.8) is 0 Å². The van der Waals surface area contributed by atoms with E-state index in [0.717, 1.165) is 11.1 Å². The van der Waals surface area contributed by atoms with E-state index in [-0.39, 0.29) is 28.8 Å². The highest BCUT2D eigenvalue weighted by atomic mass is 16.3. The Morgan fingerprint density at radius 1 is 0.933 bits per heavy atom. The Labute approximate surface area is 174 Å². The SMILES string of the molecule is Cc1c(O)c2cc(C(=O)NC(c3ccccc3)c3ccccc3)ccc2n(C)c1=O. The Hall–Kier alpha value is -3.86. The minimum absolute atomic E-state index is 0.0922. The summed E-state index contributed by atoms with van der Waals surface area (Å²) in [5.41, 5.74) is 2.92. The van der Waals surface area contributed by atoms with Gasteiger partial charge in [0.15, 0.2) is 0 Å². The van der Waals surface area contributed by atoms with Gasteiger partial charge in [-0.1, -0.05) is 60.7 Å². The number of aryl methyl sites for hydroxylation is 1. The van der Waals surface area contributed by atoms with Crippen LogP contribution in [0.15, 0.2) is 83.7 Å². The van der Waals surface area contributed by atoms with Crippen LogP contribution in [0.2, 0.25) is 0 Å². The van der Waals surface area contributed by atoms with E-state index >= 15 is 0 Å². The quantitative estimate of drug-likeness (QED) is 0.544. The van der Waals surface area contributed by atoms with Crippen LogP contribution >= 0.6 is 0 Å². The van der Waals surface area contributed by atoms with Crippen molar-refractivity contribution < 1.29 is 9.90 Å². The second kappa shape index (κ2) is 7.87. The number of aromatic hydroxyl groups is 1. The lowest BCUT2D eigenvalue weighted by Gasteiger charge is -2.20. The molecule has 5 nitrogen and oxygen atoms in total. The van der Waals surface area contributed by atoms with E-state index in [1.54, 1.807) is 32.2 Å². The van der Waals surface area contributed by atoms with Gasteiger partial charge < -0.3 is 15.0 Å². The van der Waals surface area contributed by atoms with E-state index in [1.165, 1.54) is 4.57 Å². The number of nitrogens with zero attached hydrogens (tertiary/aromatic N) is 1. The Balaban J connectivity index is 1.74. The molecule has 2 N–H and O–H groups in total. The minimum Gasteiger partial charge on any atom is -0.507 e. The molecule has 0 saturated carbocycles. The van der Waals surface area contributed by atoms with Crippen molar-refractivity contribution in [2.24, 2.45) is 7.05 Å². The Bertz CT molecular complexity index is 1240. The summed E-state index contributed by atoms with van der Waals surface area (Å²) in [5, 5.41) is 14.0. The summed E-state index contributed by atoms with van der Waals surface area (Å²) in [4.78, 5) is 25.3. The zero-order chi connectivity index (χ0) is 21.3. The third kappa shape index (κ3) is 3.46. The van der Waals surface area contributed by atoms with Gasteiger partial charge in [0.1, 0.15) is 5.75 Å². The molecule has 3 aromatic carbocycles. The molecule has 1 aromatic heterocycles.